The highest BCUT2D eigenvalue weighted by molar-refractivity contribution is 5.43. The summed E-state index contributed by atoms with van der Waals surface area (Å²) in [5, 5.41) is 0. The molecule has 0 saturated heterocycles. The van der Waals surface area contributed by atoms with E-state index in [-0.39, 0.29) is 6.04 Å². The number of rotatable bonds is 6. The van der Waals surface area contributed by atoms with Gasteiger partial charge in [-0.25, -0.2) is 0 Å². The summed E-state index contributed by atoms with van der Waals surface area (Å²) in [6.07, 6.45) is 0.829. The second kappa shape index (κ2) is 6.96. The van der Waals surface area contributed by atoms with Crippen molar-refractivity contribution in [3.05, 3.63) is 59.7 Å². The van der Waals surface area contributed by atoms with Crippen molar-refractivity contribution in [2.24, 2.45) is 5.73 Å². The van der Waals surface area contributed by atoms with Crippen LogP contribution >= 0.6 is 0 Å². The predicted molar refractivity (Wildman–Crippen MR) is 81.1 cm³/mol. The van der Waals surface area contributed by atoms with Crippen molar-refractivity contribution in [1.82, 2.24) is 0 Å². The van der Waals surface area contributed by atoms with Gasteiger partial charge in [0, 0.05) is 6.04 Å². The Morgan fingerprint density at radius 3 is 2.40 bits per heavy atom. The standard InChI is InChI=1S/C17H21NO2/c1-13(18)10-15-8-9-16(17(11-15)19-2)20-12-14-6-4-3-5-7-14/h3-9,11,13H,10,12,18H2,1-2H3/t13-/m1/s1. The second-order valence-corrected chi connectivity index (χ2v) is 4.94. The minimum absolute atomic E-state index is 0.135. The third-order valence-corrected chi connectivity index (χ3v) is 3.02. The van der Waals surface area contributed by atoms with Crippen LogP contribution in [0.2, 0.25) is 0 Å². The highest BCUT2D eigenvalue weighted by Crippen LogP contribution is 2.29. The summed E-state index contributed by atoms with van der Waals surface area (Å²) >= 11 is 0. The highest BCUT2D eigenvalue weighted by atomic mass is 16.5. The van der Waals surface area contributed by atoms with Crippen LogP contribution in [0.4, 0.5) is 0 Å². The Morgan fingerprint density at radius 2 is 1.75 bits per heavy atom. The van der Waals surface area contributed by atoms with Crippen molar-refractivity contribution in [3.63, 3.8) is 0 Å². The molecule has 20 heavy (non-hydrogen) atoms. The van der Waals surface area contributed by atoms with Crippen molar-refractivity contribution in [2.45, 2.75) is 26.0 Å². The highest BCUT2D eigenvalue weighted by Gasteiger charge is 2.07. The Kier molecular flexibility index (Phi) is 5.02. The maximum atomic E-state index is 5.82. The van der Waals surface area contributed by atoms with Gasteiger partial charge >= 0.3 is 0 Å². The van der Waals surface area contributed by atoms with E-state index in [4.69, 9.17) is 15.2 Å². The zero-order valence-electron chi connectivity index (χ0n) is 12.0. The van der Waals surface area contributed by atoms with Crippen LogP contribution in [0, 0.1) is 0 Å². The van der Waals surface area contributed by atoms with Crippen molar-refractivity contribution in [1.29, 1.82) is 0 Å². The first-order valence-corrected chi connectivity index (χ1v) is 6.78. The molecule has 0 bridgehead atoms. The molecule has 3 heteroatoms. The Bertz CT molecular complexity index is 538. The van der Waals surface area contributed by atoms with Crippen molar-refractivity contribution >= 4 is 0 Å². The number of hydrogen-bond acceptors (Lipinski definition) is 3. The van der Waals surface area contributed by atoms with Crippen LogP contribution in [-0.2, 0) is 13.0 Å². The van der Waals surface area contributed by atoms with Crippen molar-refractivity contribution in [2.75, 3.05) is 7.11 Å². The van der Waals surface area contributed by atoms with E-state index in [9.17, 15) is 0 Å². The molecule has 0 fully saturated rings. The lowest BCUT2D eigenvalue weighted by Crippen LogP contribution is -2.17. The van der Waals surface area contributed by atoms with Gasteiger partial charge < -0.3 is 15.2 Å². The van der Waals surface area contributed by atoms with Gasteiger partial charge in [0.25, 0.3) is 0 Å². The normalized spacial score (nSPS) is 11.9. The molecule has 3 nitrogen and oxygen atoms in total. The molecule has 0 aliphatic rings. The predicted octanol–water partition coefficient (Wildman–Crippen LogP) is 3.16. The Morgan fingerprint density at radius 1 is 1.00 bits per heavy atom. The van der Waals surface area contributed by atoms with Crippen LogP contribution in [0.1, 0.15) is 18.1 Å². The van der Waals surface area contributed by atoms with Gasteiger partial charge in [-0.15, -0.1) is 0 Å². The van der Waals surface area contributed by atoms with Gasteiger partial charge in [0.2, 0.25) is 0 Å². The van der Waals surface area contributed by atoms with Crippen molar-refractivity contribution in [3.8, 4) is 11.5 Å². The van der Waals surface area contributed by atoms with E-state index in [2.05, 4.69) is 0 Å². The molecule has 0 saturated carbocycles. The second-order valence-electron chi connectivity index (χ2n) is 4.94. The number of nitrogens with two attached hydrogens (primary N) is 1. The molecular weight excluding hydrogens is 250 g/mol. The average molecular weight is 271 g/mol. The Balaban J connectivity index is 2.07. The maximum absolute atomic E-state index is 5.82. The molecule has 106 valence electrons. The fourth-order valence-corrected chi connectivity index (χ4v) is 2.07. The van der Waals surface area contributed by atoms with Crippen molar-refractivity contribution < 1.29 is 9.47 Å². The number of methoxy groups -OCH3 is 1. The van der Waals surface area contributed by atoms with E-state index in [1.54, 1.807) is 7.11 Å². The van der Waals surface area contributed by atoms with Gasteiger partial charge in [0.1, 0.15) is 6.61 Å². The van der Waals surface area contributed by atoms with E-state index in [0.717, 1.165) is 29.0 Å². The molecule has 0 aliphatic heterocycles. The van der Waals surface area contributed by atoms with E-state index in [0.29, 0.717) is 6.61 Å². The van der Waals surface area contributed by atoms with Gasteiger partial charge in [0.05, 0.1) is 7.11 Å². The minimum atomic E-state index is 0.135. The van der Waals surface area contributed by atoms with Crippen LogP contribution in [0.3, 0.4) is 0 Å². The zero-order chi connectivity index (χ0) is 14.4. The lowest BCUT2D eigenvalue weighted by molar-refractivity contribution is 0.284. The minimum Gasteiger partial charge on any atom is -0.493 e. The third-order valence-electron chi connectivity index (χ3n) is 3.02. The third kappa shape index (κ3) is 4.00. The van der Waals surface area contributed by atoms with Gasteiger partial charge in [-0.1, -0.05) is 36.4 Å². The Labute approximate surface area is 120 Å². The molecule has 2 aromatic rings. The molecule has 1 atom stereocenters. The van der Waals surface area contributed by atoms with Crippen LogP contribution < -0.4 is 15.2 Å². The van der Waals surface area contributed by atoms with E-state index < -0.39 is 0 Å². The lowest BCUT2D eigenvalue weighted by atomic mass is 10.1. The van der Waals surface area contributed by atoms with Gasteiger partial charge in [-0.3, -0.25) is 0 Å². The quantitative estimate of drug-likeness (QED) is 0.877. The first kappa shape index (κ1) is 14.4. The summed E-state index contributed by atoms with van der Waals surface area (Å²) in [7, 11) is 1.65. The van der Waals surface area contributed by atoms with Crippen LogP contribution in [0.25, 0.3) is 0 Å². The average Bonchev–Trinajstić information content (AvgIpc) is 2.46. The fraction of sp³-hybridized carbons (Fsp3) is 0.294. The summed E-state index contributed by atoms with van der Waals surface area (Å²) in [6, 6.07) is 16.2. The summed E-state index contributed by atoms with van der Waals surface area (Å²) in [4.78, 5) is 0. The molecule has 2 aromatic carbocycles. The molecule has 0 spiro atoms. The topological polar surface area (TPSA) is 44.5 Å². The summed E-state index contributed by atoms with van der Waals surface area (Å²) in [5.41, 5.74) is 8.11. The smallest absolute Gasteiger partial charge is 0.161 e. The molecule has 0 aliphatic carbocycles. The SMILES string of the molecule is COc1cc(C[C@@H](C)N)ccc1OCc1ccccc1. The number of ether oxygens (including phenoxy) is 2. The molecule has 0 radical (unpaired) electrons. The van der Waals surface area contributed by atoms with E-state index in [1.165, 1.54) is 0 Å². The van der Waals surface area contributed by atoms with E-state index >= 15 is 0 Å². The Hall–Kier alpha value is -2.00. The number of hydrogen-bond donors (Lipinski definition) is 1. The summed E-state index contributed by atoms with van der Waals surface area (Å²) in [6.45, 7) is 2.52. The zero-order valence-corrected chi connectivity index (χ0v) is 12.0. The van der Waals surface area contributed by atoms with Crippen LogP contribution in [0.5, 0.6) is 11.5 Å². The summed E-state index contributed by atoms with van der Waals surface area (Å²) < 4.78 is 11.2. The lowest BCUT2D eigenvalue weighted by Gasteiger charge is -2.13. The van der Waals surface area contributed by atoms with E-state index in [1.807, 2.05) is 55.5 Å². The number of benzene rings is 2. The first-order valence-electron chi connectivity index (χ1n) is 6.78. The maximum Gasteiger partial charge on any atom is 0.161 e. The van der Waals surface area contributed by atoms with Crippen LogP contribution in [-0.4, -0.2) is 13.2 Å². The molecule has 0 amide bonds. The fourth-order valence-electron chi connectivity index (χ4n) is 2.07. The van der Waals surface area contributed by atoms with Gasteiger partial charge in [0.15, 0.2) is 11.5 Å². The molecule has 2 rings (SSSR count). The molecule has 2 N–H and O–H groups in total. The van der Waals surface area contributed by atoms with Gasteiger partial charge in [-0.2, -0.15) is 0 Å². The molecule has 0 unspecified atom stereocenters. The van der Waals surface area contributed by atoms with Gasteiger partial charge in [-0.05, 0) is 36.6 Å². The molecular formula is C17H21NO2. The molecule has 0 aromatic heterocycles. The summed E-state index contributed by atoms with van der Waals surface area (Å²) in [5.74, 6) is 1.50. The first-order chi connectivity index (χ1) is 9.69. The monoisotopic (exact) mass is 271 g/mol. The largest absolute Gasteiger partial charge is 0.493 e. The van der Waals surface area contributed by atoms with Crippen LogP contribution in [0.15, 0.2) is 48.5 Å². The molecule has 0 heterocycles.